The summed E-state index contributed by atoms with van der Waals surface area (Å²) in [6, 6.07) is 7.51. The van der Waals surface area contributed by atoms with Crippen LogP contribution >= 0.6 is 11.6 Å². The highest BCUT2D eigenvalue weighted by Crippen LogP contribution is 2.32. The number of nitrogens with two attached hydrogens (primary N) is 1. The summed E-state index contributed by atoms with van der Waals surface area (Å²) in [4.78, 5) is 10.2. The Morgan fingerprint density at radius 3 is 2.84 bits per heavy atom. The van der Waals surface area contributed by atoms with Gasteiger partial charge in [-0.2, -0.15) is 5.10 Å². The summed E-state index contributed by atoms with van der Waals surface area (Å²) in [6.07, 6.45) is 1.42. The Balaban J connectivity index is 1.75. The lowest BCUT2D eigenvalue weighted by molar-refractivity contribution is -0.384. The predicted octanol–water partition coefficient (Wildman–Crippen LogP) is 2.57. The lowest BCUT2D eigenvalue weighted by Crippen LogP contribution is -2.13. The zero-order valence-electron chi connectivity index (χ0n) is 12.9. The molecule has 0 radical (unpaired) electrons. The first-order chi connectivity index (χ1) is 12.0. The van der Waals surface area contributed by atoms with Crippen LogP contribution in [0.1, 0.15) is 11.6 Å². The quantitative estimate of drug-likeness (QED) is 0.308. The first-order valence-electron chi connectivity index (χ1n) is 6.96. The summed E-state index contributed by atoms with van der Waals surface area (Å²) in [5, 5.41) is 22.5. The van der Waals surface area contributed by atoms with Crippen LogP contribution in [0.5, 0.6) is 0 Å². The van der Waals surface area contributed by atoms with Crippen LogP contribution in [0.25, 0.3) is 11.3 Å². The first-order valence-corrected chi connectivity index (χ1v) is 7.34. The number of furan rings is 1. The van der Waals surface area contributed by atoms with Crippen molar-refractivity contribution in [2.24, 2.45) is 5.10 Å². The number of non-ortho nitro benzene ring substituents is 1. The van der Waals surface area contributed by atoms with Crippen molar-refractivity contribution in [3.8, 4) is 11.3 Å². The Morgan fingerprint density at radius 2 is 2.20 bits per heavy atom. The zero-order chi connectivity index (χ0) is 18.0. The van der Waals surface area contributed by atoms with Gasteiger partial charge in [0.15, 0.2) is 5.82 Å². The number of nitrogens with one attached hydrogen (secondary N) is 1. The third-order valence-corrected chi connectivity index (χ3v) is 3.59. The van der Waals surface area contributed by atoms with Gasteiger partial charge in [0.2, 0.25) is 0 Å². The van der Waals surface area contributed by atoms with Crippen molar-refractivity contribution in [1.29, 1.82) is 0 Å². The number of nitro groups is 1. The molecule has 11 heteroatoms. The molecule has 2 aromatic heterocycles. The number of hydrogen-bond donors (Lipinski definition) is 2. The van der Waals surface area contributed by atoms with E-state index in [-0.39, 0.29) is 16.7 Å². The maximum atomic E-state index is 10.7. The maximum absolute atomic E-state index is 10.7. The number of hydrazone groups is 1. The van der Waals surface area contributed by atoms with Crippen LogP contribution in [-0.2, 0) is 0 Å². The van der Waals surface area contributed by atoms with Gasteiger partial charge in [-0.1, -0.05) is 11.6 Å². The van der Waals surface area contributed by atoms with Gasteiger partial charge in [-0.25, -0.2) is 10.1 Å². The van der Waals surface area contributed by atoms with Crippen molar-refractivity contribution >= 4 is 29.5 Å². The Bertz CT molecular complexity index is 963. The van der Waals surface area contributed by atoms with Crippen molar-refractivity contribution in [1.82, 2.24) is 14.9 Å². The van der Waals surface area contributed by atoms with Gasteiger partial charge >= 0.3 is 0 Å². The normalized spacial score (nSPS) is 11.1. The molecule has 0 amide bonds. The molecule has 0 fully saturated rings. The third kappa shape index (κ3) is 3.43. The number of nitrogens with zero attached hydrogens (tertiary/aromatic N) is 5. The molecule has 25 heavy (non-hydrogen) atoms. The lowest BCUT2D eigenvalue weighted by Gasteiger charge is -2.00. The van der Waals surface area contributed by atoms with Crippen molar-refractivity contribution in [2.75, 3.05) is 11.3 Å². The van der Waals surface area contributed by atoms with Gasteiger partial charge in [-0.15, -0.1) is 10.2 Å². The second-order valence-corrected chi connectivity index (χ2v) is 5.34. The molecule has 0 unspecified atom stereocenters. The van der Waals surface area contributed by atoms with Crippen LogP contribution in [-0.4, -0.2) is 26.0 Å². The summed E-state index contributed by atoms with van der Waals surface area (Å²) in [5.74, 6) is 7.39. The largest absolute Gasteiger partial charge is 0.455 e. The van der Waals surface area contributed by atoms with Crippen molar-refractivity contribution in [3.05, 3.63) is 57.1 Å². The van der Waals surface area contributed by atoms with E-state index in [9.17, 15) is 10.1 Å². The number of aromatic nitrogens is 3. The van der Waals surface area contributed by atoms with Gasteiger partial charge in [0.05, 0.1) is 16.2 Å². The maximum Gasteiger partial charge on any atom is 0.270 e. The molecule has 0 aliphatic carbocycles. The Labute approximate surface area is 146 Å². The minimum atomic E-state index is -0.514. The van der Waals surface area contributed by atoms with Crippen molar-refractivity contribution < 1.29 is 9.34 Å². The van der Waals surface area contributed by atoms with Gasteiger partial charge in [-0.3, -0.25) is 10.1 Å². The molecule has 0 saturated heterocycles. The highest BCUT2D eigenvalue weighted by molar-refractivity contribution is 6.33. The molecule has 0 bridgehead atoms. The highest BCUT2D eigenvalue weighted by Gasteiger charge is 2.13. The monoisotopic (exact) mass is 361 g/mol. The second kappa shape index (κ2) is 6.61. The van der Waals surface area contributed by atoms with E-state index in [2.05, 4.69) is 20.7 Å². The van der Waals surface area contributed by atoms with Crippen LogP contribution in [0.4, 0.5) is 11.6 Å². The molecular formula is C14H12ClN7O3. The minimum Gasteiger partial charge on any atom is -0.455 e. The van der Waals surface area contributed by atoms with Crippen molar-refractivity contribution in [3.63, 3.8) is 0 Å². The zero-order valence-corrected chi connectivity index (χ0v) is 13.6. The van der Waals surface area contributed by atoms with E-state index >= 15 is 0 Å². The van der Waals surface area contributed by atoms with Crippen LogP contribution in [0.3, 0.4) is 0 Å². The van der Waals surface area contributed by atoms with E-state index in [1.54, 1.807) is 19.1 Å². The fraction of sp³-hybridized carbons (Fsp3) is 0.0714. The predicted molar refractivity (Wildman–Crippen MR) is 91.9 cm³/mol. The number of nitrogen functional groups attached to an aromatic ring is 1. The molecule has 3 N–H and O–H groups in total. The van der Waals surface area contributed by atoms with Gasteiger partial charge < -0.3 is 10.3 Å². The summed E-state index contributed by atoms with van der Waals surface area (Å²) in [6.45, 7) is 1.70. The van der Waals surface area contributed by atoms with Gasteiger partial charge in [0.1, 0.15) is 11.5 Å². The molecule has 128 valence electrons. The molecule has 0 saturated carbocycles. The summed E-state index contributed by atoms with van der Waals surface area (Å²) in [5.41, 5.74) is 3.08. The Morgan fingerprint density at radius 1 is 1.40 bits per heavy atom. The topological polar surface area (TPSA) is 137 Å². The number of anilines is 1. The molecule has 0 spiro atoms. The van der Waals surface area contributed by atoms with E-state index in [0.717, 1.165) is 0 Å². The number of nitro benzene ring substituents is 1. The number of rotatable bonds is 5. The third-order valence-electron chi connectivity index (χ3n) is 3.28. The molecule has 2 heterocycles. The van der Waals surface area contributed by atoms with E-state index in [4.69, 9.17) is 21.9 Å². The van der Waals surface area contributed by atoms with Crippen LogP contribution in [0.2, 0.25) is 5.02 Å². The van der Waals surface area contributed by atoms with Gasteiger partial charge in [0, 0.05) is 17.7 Å². The standard InChI is InChI=1S/C14H12ClN7O3/c1-8-18-20-14(21(8)16)19-17-7-10-3-5-13(25-10)11-4-2-9(22(23)24)6-12(11)15/h2-7H,16H2,1H3,(H,19,20)/b17-7+. The van der Waals surface area contributed by atoms with Crippen LogP contribution < -0.4 is 11.3 Å². The number of hydrogen-bond acceptors (Lipinski definition) is 8. The molecular weight excluding hydrogens is 350 g/mol. The van der Waals surface area contributed by atoms with Gasteiger partial charge in [0.25, 0.3) is 11.6 Å². The Kier molecular flexibility index (Phi) is 4.35. The average molecular weight is 362 g/mol. The fourth-order valence-corrected chi connectivity index (χ4v) is 2.25. The molecule has 3 aromatic rings. The molecule has 0 aliphatic heterocycles. The number of benzene rings is 1. The van der Waals surface area contributed by atoms with Crippen molar-refractivity contribution in [2.45, 2.75) is 6.92 Å². The molecule has 0 atom stereocenters. The summed E-state index contributed by atoms with van der Waals surface area (Å²) < 4.78 is 6.86. The number of halogens is 1. The van der Waals surface area contributed by atoms with E-state index in [1.807, 2.05) is 0 Å². The van der Waals surface area contributed by atoms with E-state index in [1.165, 1.54) is 29.1 Å². The average Bonchev–Trinajstić information content (AvgIpc) is 3.16. The summed E-state index contributed by atoms with van der Waals surface area (Å²) in [7, 11) is 0. The van der Waals surface area contributed by atoms with Crippen LogP contribution in [0, 0.1) is 17.0 Å². The van der Waals surface area contributed by atoms with E-state index in [0.29, 0.717) is 22.9 Å². The fourth-order valence-electron chi connectivity index (χ4n) is 1.98. The SMILES string of the molecule is Cc1nnc(N/N=C/c2ccc(-c3ccc([N+](=O)[O-])cc3Cl)o2)n1N. The molecule has 3 rings (SSSR count). The molecule has 0 aliphatic rings. The van der Waals surface area contributed by atoms with Gasteiger partial charge in [-0.05, 0) is 25.1 Å². The first kappa shape index (κ1) is 16.5. The highest BCUT2D eigenvalue weighted by atomic mass is 35.5. The molecule has 1 aromatic carbocycles. The van der Waals surface area contributed by atoms with Crippen LogP contribution in [0.15, 0.2) is 39.9 Å². The second-order valence-electron chi connectivity index (χ2n) is 4.93. The Hall–Kier alpha value is -3.40. The number of aryl methyl sites for hydroxylation is 1. The smallest absolute Gasteiger partial charge is 0.270 e. The summed E-state index contributed by atoms with van der Waals surface area (Å²) >= 11 is 6.08. The lowest BCUT2D eigenvalue weighted by atomic mass is 10.1. The minimum absolute atomic E-state index is 0.0903. The molecule has 10 nitrogen and oxygen atoms in total. The van der Waals surface area contributed by atoms with E-state index < -0.39 is 4.92 Å².